The number of carbonyl (C=O) groups is 1. The van der Waals surface area contributed by atoms with Crippen molar-refractivity contribution in [3.63, 3.8) is 0 Å². The van der Waals surface area contributed by atoms with Crippen LogP contribution in [-0.4, -0.2) is 5.78 Å². The Morgan fingerprint density at radius 3 is 2.17 bits per heavy atom. The molecule has 1 heterocycles. The highest BCUT2D eigenvalue weighted by molar-refractivity contribution is 6.35. The van der Waals surface area contributed by atoms with Crippen molar-refractivity contribution in [2.45, 2.75) is 6.92 Å². The number of hydrogen-bond acceptors (Lipinski definition) is 3. The molecule has 0 saturated carbocycles. The van der Waals surface area contributed by atoms with Crippen molar-refractivity contribution in [3.05, 3.63) is 106 Å². The van der Waals surface area contributed by atoms with Crippen molar-refractivity contribution >= 4 is 29.0 Å². The predicted molar refractivity (Wildman–Crippen MR) is 115 cm³/mol. The highest BCUT2D eigenvalue weighted by Crippen LogP contribution is 2.32. The van der Waals surface area contributed by atoms with Crippen LogP contribution in [0.1, 0.15) is 21.7 Å². The molecular weight excluding hydrogens is 407 g/mol. The molecule has 1 aromatic heterocycles. The van der Waals surface area contributed by atoms with Crippen LogP contribution in [0.4, 0.5) is 0 Å². The maximum atomic E-state index is 12.8. The molecule has 0 atom stereocenters. The molecule has 0 amide bonds. The van der Waals surface area contributed by atoms with Gasteiger partial charge < -0.3 is 9.15 Å². The zero-order chi connectivity index (χ0) is 20.4. The fourth-order valence-electron chi connectivity index (χ4n) is 2.85. The van der Waals surface area contributed by atoms with Gasteiger partial charge in [0, 0.05) is 16.1 Å². The van der Waals surface area contributed by atoms with E-state index in [2.05, 4.69) is 0 Å². The van der Waals surface area contributed by atoms with Crippen LogP contribution in [0.25, 0.3) is 11.3 Å². The monoisotopic (exact) mass is 422 g/mol. The van der Waals surface area contributed by atoms with E-state index in [1.807, 2.05) is 31.2 Å². The van der Waals surface area contributed by atoms with Crippen molar-refractivity contribution in [1.82, 2.24) is 0 Å². The Hall–Kier alpha value is -3.01. The predicted octanol–water partition coefficient (Wildman–Crippen LogP) is 7.59. The average Bonchev–Trinajstić information content (AvgIpc) is 3.21. The zero-order valence-corrected chi connectivity index (χ0v) is 17.0. The molecule has 0 saturated heterocycles. The quantitative estimate of drug-likeness (QED) is 0.311. The van der Waals surface area contributed by atoms with E-state index < -0.39 is 0 Å². The molecule has 0 N–H and O–H groups in total. The van der Waals surface area contributed by atoms with Crippen LogP contribution in [0.2, 0.25) is 10.0 Å². The van der Waals surface area contributed by atoms with Gasteiger partial charge in [-0.1, -0.05) is 40.9 Å². The number of benzene rings is 3. The first kappa shape index (κ1) is 19.3. The Morgan fingerprint density at radius 2 is 1.48 bits per heavy atom. The van der Waals surface area contributed by atoms with Crippen LogP contribution >= 0.6 is 23.2 Å². The first-order valence-corrected chi connectivity index (χ1v) is 9.70. The molecule has 0 aliphatic heterocycles. The van der Waals surface area contributed by atoms with Gasteiger partial charge in [0.15, 0.2) is 5.76 Å². The van der Waals surface area contributed by atoms with Crippen LogP contribution in [0.3, 0.4) is 0 Å². The van der Waals surface area contributed by atoms with E-state index in [-0.39, 0.29) is 11.5 Å². The van der Waals surface area contributed by atoms with Gasteiger partial charge in [-0.15, -0.1) is 0 Å². The molecule has 144 valence electrons. The van der Waals surface area contributed by atoms with Crippen LogP contribution in [-0.2, 0) is 0 Å². The van der Waals surface area contributed by atoms with Crippen LogP contribution < -0.4 is 4.74 Å². The molecule has 4 rings (SSSR count). The summed E-state index contributed by atoms with van der Waals surface area (Å²) in [5.41, 5.74) is 2.30. The van der Waals surface area contributed by atoms with Gasteiger partial charge in [-0.05, 0) is 73.7 Å². The fraction of sp³-hybridized carbons (Fsp3) is 0.0417. The molecule has 5 heteroatoms. The lowest BCUT2D eigenvalue weighted by Crippen LogP contribution is -1.99. The molecular formula is C24H16Cl2O3. The molecule has 3 aromatic carbocycles. The van der Waals surface area contributed by atoms with Gasteiger partial charge in [0.25, 0.3) is 0 Å². The van der Waals surface area contributed by atoms with Crippen LogP contribution in [0.5, 0.6) is 11.5 Å². The topological polar surface area (TPSA) is 39.4 Å². The van der Waals surface area contributed by atoms with Crippen LogP contribution in [0.15, 0.2) is 83.3 Å². The summed E-state index contributed by atoms with van der Waals surface area (Å²) in [6.45, 7) is 2.02. The third-order valence-electron chi connectivity index (χ3n) is 4.40. The summed E-state index contributed by atoms with van der Waals surface area (Å²) in [7, 11) is 0. The maximum absolute atomic E-state index is 12.8. The SMILES string of the molecule is Cc1ccc(Oc2ccc(C(=O)c3ccc(-c4cc(Cl)ccc4Cl)o3)cc2)cc1. The minimum atomic E-state index is -0.226. The molecule has 0 radical (unpaired) electrons. The van der Waals surface area contributed by atoms with Gasteiger partial charge in [-0.25, -0.2) is 0 Å². The minimum absolute atomic E-state index is 0.225. The molecule has 0 fully saturated rings. The average molecular weight is 423 g/mol. The van der Waals surface area contributed by atoms with E-state index in [0.717, 1.165) is 11.3 Å². The molecule has 0 aliphatic carbocycles. The number of ether oxygens (including phenoxy) is 1. The number of hydrogen-bond donors (Lipinski definition) is 0. The summed E-state index contributed by atoms with van der Waals surface area (Å²) in [5.74, 6) is 1.87. The summed E-state index contributed by atoms with van der Waals surface area (Å²) in [6.07, 6.45) is 0. The number of furan rings is 1. The largest absolute Gasteiger partial charge is 0.457 e. The fourth-order valence-corrected chi connectivity index (χ4v) is 3.23. The lowest BCUT2D eigenvalue weighted by Gasteiger charge is -2.06. The Kier molecular flexibility index (Phi) is 5.43. The van der Waals surface area contributed by atoms with Crippen molar-refractivity contribution in [2.24, 2.45) is 0 Å². The van der Waals surface area contributed by atoms with Gasteiger partial charge in [-0.2, -0.15) is 0 Å². The van der Waals surface area contributed by atoms with E-state index in [9.17, 15) is 4.79 Å². The first-order chi connectivity index (χ1) is 14.0. The summed E-state index contributed by atoms with van der Waals surface area (Å²) in [5, 5.41) is 1.04. The van der Waals surface area contributed by atoms with Gasteiger partial charge in [0.1, 0.15) is 17.3 Å². The Morgan fingerprint density at radius 1 is 0.828 bits per heavy atom. The molecule has 3 nitrogen and oxygen atoms in total. The Balaban J connectivity index is 1.52. The maximum Gasteiger partial charge on any atom is 0.228 e. The van der Waals surface area contributed by atoms with Gasteiger partial charge in [-0.3, -0.25) is 4.79 Å². The number of ketones is 1. The van der Waals surface area contributed by atoms with Gasteiger partial charge in [0.2, 0.25) is 5.78 Å². The zero-order valence-electron chi connectivity index (χ0n) is 15.5. The van der Waals surface area contributed by atoms with Crippen molar-refractivity contribution < 1.29 is 13.9 Å². The number of rotatable bonds is 5. The summed E-state index contributed by atoms with van der Waals surface area (Å²) < 4.78 is 11.5. The molecule has 0 spiro atoms. The number of carbonyl (C=O) groups excluding carboxylic acids is 1. The normalized spacial score (nSPS) is 10.7. The van der Waals surface area contributed by atoms with E-state index in [1.54, 1.807) is 54.6 Å². The van der Waals surface area contributed by atoms with E-state index in [0.29, 0.717) is 32.7 Å². The van der Waals surface area contributed by atoms with E-state index in [4.69, 9.17) is 32.4 Å². The van der Waals surface area contributed by atoms with E-state index in [1.165, 1.54) is 0 Å². The van der Waals surface area contributed by atoms with Gasteiger partial charge in [0.05, 0.1) is 5.02 Å². The molecule has 0 bridgehead atoms. The highest BCUT2D eigenvalue weighted by Gasteiger charge is 2.16. The van der Waals surface area contributed by atoms with Gasteiger partial charge >= 0.3 is 0 Å². The lowest BCUT2D eigenvalue weighted by atomic mass is 10.1. The second kappa shape index (κ2) is 8.16. The second-order valence-electron chi connectivity index (χ2n) is 6.56. The van der Waals surface area contributed by atoms with Crippen LogP contribution in [0, 0.1) is 6.92 Å². The Bertz CT molecular complexity index is 1160. The van der Waals surface area contributed by atoms with Crippen molar-refractivity contribution in [3.8, 4) is 22.8 Å². The van der Waals surface area contributed by atoms with Crippen molar-refractivity contribution in [2.75, 3.05) is 0 Å². The second-order valence-corrected chi connectivity index (χ2v) is 7.40. The third kappa shape index (κ3) is 4.37. The summed E-state index contributed by atoms with van der Waals surface area (Å²) in [6, 6.07) is 23.1. The number of halogens is 2. The Labute approximate surface area is 178 Å². The standard InChI is InChI=1S/C24H16Cl2O3/c1-15-2-7-18(8-3-15)28-19-9-4-16(5-10-19)24(27)23-13-12-22(29-23)20-14-17(25)6-11-21(20)26/h2-14H,1H3. The summed E-state index contributed by atoms with van der Waals surface area (Å²) in [4.78, 5) is 12.8. The smallest absolute Gasteiger partial charge is 0.228 e. The lowest BCUT2D eigenvalue weighted by molar-refractivity contribution is 0.101. The highest BCUT2D eigenvalue weighted by atomic mass is 35.5. The molecule has 29 heavy (non-hydrogen) atoms. The minimum Gasteiger partial charge on any atom is -0.457 e. The molecule has 0 unspecified atom stereocenters. The van der Waals surface area contributed by atoms with Crippen molar-refractivity contribution in [1.29, 1.82) is 0 Å². The molecule has 0 aliphatic rings. The van der Waals surface area contributed by atoms with E-state index >= 15 is 0 Å². The third-order valence-corrected chi connectivity index (χ3v) is 4.96. The molecule has 4 aromatic rings. The summed E-state index contributed by atoms with van der Waals surface area (Å²) >= 11 is 12.2. The first-order valence-electron chi connectivity index (χ1n) is 8.94. The number of aryl methyl sites for hydroxylation is 1.